The molecule has 0 spiro atoms. The normalized spacial score (nSPS) is 12.9. The predicted molar refractivity (Wildman–Crippen MR) is 80.7 cm³/mol. The van der Waals surface area contributed by atoms with Crippen LogP contribution in [0.4, 0.5) is 0 Å². The van der Waals surface area contributed by atoms with Gasteiger partial charge < -0.3 is 0 Å². The molecule has 0 bridgehead atoms. The monoisotopic (exact) mass is 318 g/mol. The van der Waals surface area contributed by atoms with E-state index in [1.807, 2.05) is 17.8 Å². The van der Waals surface area contributed by atoms with Gasteiger partial charge in [0.25, 0.3) is 0 Å². The number of thiophene rings is 1. The van der Waals surface area contributed by atoms with Gasteiger partial charge in [-0.3, -0.25) is 16.0 Å². The molecule has 0 fully saturated rings. The van der Waals surface area contributed by atoms with E-state index in [2.05, 4.69) is 23.5 Å². The molecular formula is C12H16Cl2N4S. The molecule has 0 amide bonds. The largest absolute Gasteiger partial charge is 0.272 e. The topological polar surface area (TPSA) is 55.9 Å². The number of aromatic nitrogens is 2. The molecule has 0 saturated heterocycles. The third kappa shape index (κ3) is 3.30. The van der Waals surface area contributed by atoms with Crippen LogP contribution in [-0.2, 0) is 19.9 Å². The average Bonchev–Trinajstić information content (AvgIpc) is 2.89. The lowest BCUT2D eigenvalue weighted by Crippen LogP contribution is -2.30. The van der Waals surface area contributed by atoms with Gasteiger partial charge in [0.1, 0.15) is 0 Å². The Kier molecular flexibility index (Phi) is 4.86. The molecular weight excluding hydrogens is 303 g/mol. The second-order valence-electron chi connectivity index (χ2n) is 4.31. The summed E-state index contributed by atoms with van der Waals surface area (Å²) in [6.45, 7) is 2.08. The zero-order chi connectivity index (χ0) is 14.0. The van der Waals surface area contributed by atoms with E-state index >= 15 is 0 Å². The van der Waals surface area contributed by atoms with Gasteiger partial charge in [-0.25, -0.2) is 0 Å². The lowest BCUT2D eigenvalue weighted by atomic mass is 10.1. The fourth-order valence-corrected chi connectivity index (χ4v) is 3.57. The Hall–Kier alpha value is -0.590. The van der Waals surface area contributed by atoms with Crippen molar-refractivity contribution in [2.75, 3.05) is 0 Å². The Morgan fingerprint density at radius 1 is 1.47 bits per heavy atom. The number of hydrogen-bond acceptors (Lipinski definition) is 4. The highest BCUT2D eigenvalue weighted by Crippen LogP contribution is 2.35. The number of aryl methyl sites for hydroxylation is 2. The molecule has 0 aromatic carbocycles. The van der Waals surface area contributed by atoms with Crippen molar-refractivity contribution in [2.45, 2.75) is 25.8 Å². The van der Waals surface area contributed by atoms with Crippen LogP contribution in [-0.4, -0.2) is 9.78 Å². The Morgan fingerprint density at radius 2 is 2.21 bits per heavy atom. The fourth-order valence-electron chi connectivity index (χ4n) is 1.99. The SMILES string of the molecule is CCc1cc(CC(NN)c2cc(Cl)sc2Cl)n(C)n1. The van der Waals surface area contributed by atoms with Gasteiger partial charge in [-0.2, -0.15) is 5.10 Å². The van der Waals surface area contributed by atoms with Crippen molar-refractivity contribution in [3.63, 3.8) is 0 Å². The first-order valence-corrected chi connectivity index (χ1v) is 7.55. The highest BCUT2D eigenvalue weighted by Gasteiger charge is 2.19. The first kappa shape index (κ1) is 14.8. The summed E-state index contributed by atoms with van der Waals surface area (Å²) in [6.07, 6.45) is 1.63. The van der Waals surface area contributed by atoms with Crippen LogP contribution in [0.15, 0.2) is 12.1 Å². The van der Waals surface area contributed by atoms with Crippen LogP contribution in [0.1, 0.15) is 29.9 Å². The number of nitrogens with one attached hydrogen (secondary N) is 1. The van der Waals surface area contributed by atoms with E-state index in [9.17, 15) is 0 Å². The average molecular weight is 319 g/mol. The molecule has 0 aliphatic carbocycles. The van der Waals surface area contributed by atoms with E-state index in [0.29, 0.717) is 15.1 Å². The highest BCUT2D eigenvalue weighted by molar-refractivity contribution is 7.20. The fraction of sp³-hybridized carbons (Fsp3) is 0.417. The minimum absolute atomic E-state index is 0.0728. The van der Waals surface area contributed by atoms with Crippen molar-refractivity contribution in [2.24, 2.45) is 12.9 Å². The zero-order valence-electron chi connectivity index (χ0n) is 10.8. The van der Waals surface area contributed by atoms with Crippen LogP contribution in [0.2, 0.25) is 8.67 Å². The third-order valence-corrected chi connectivity index (χ3v) is 4.58. The quantitative estimate of drug-likeness (QED) is 0.658. The molecule has 4 nitrogen and oxygen atoms in total. The van der Waals surface area contributed by atoms with Crippen molar-refractivity contribution in [1.29, 1.82) is 0 Å². The minimum Gasteiger partial charge on any atom is -0.272 e. The van der Waals surface area contributed by atoms with Crippen LogP contribution in [0.3, 0.4) is 0 Å². The van der Waals surface area contributed by atoms with Crippen LogP contribution in [0.5, 0.6) is 0 Å². The van der Waals surface area contributed by atoms with Crippen molar-refractivity contribution in [1.82, 2.24) is 15.2 Å². The second kappa shape index (κ2) is 6.24. The number of hydrazine groups is 1. The third-order valence-electron chi connectivity index (χ3n) is 3.06. The summed E-state index contributed by atoms with van der Waals surface area (Å²) in [7, 11) is 1.93. The molecule has 2 aromatic rings. The Balaban J connectivity index is 2.23. The molecule has 2 rings (SSSR count). The number of nitrogens with zero attached hydrogens (tertiary/aromatic N) is 2. The van der Waals surface area contributed by atoms with Gasteiger partial charge in [0.05, 0.1) is 20.4 Å². The Labute approximate surface area is 126 Å². The number of hydrogen-bond donors (Lipinski definition) is 2. The number of rotatable bonds is 5. The lowest BCUT2D eigenvalue weighted by Gasteiger charge is -2.15. The van der Waals surface area contributed by atoms with Crippen LogP contribution in [0.25, 0.3) is 0 Å². The van der Waals surface area contributed by atoms with Gasteiger partial charge in [0, 0.05) is 24.7 Å². The summed E-state index contributed by atoms with van der Waals surface area (Å²) in [4.78, 5) is 0. The molecule has 0 aliphatic heterocycles. The van der Waals surface area contributed by atoms with E-state index in [0.717, 1.165) is 23.4 Å². The van der Waals surface area contributed by atoms with E-state index in [4.69, 9.17) is 29.0 Å². The first-order valence-electron chi connectivity index (χ1n) is 5.97. The maximum atomic E-state index is 6.17. The lowest BCUT2D eigenvalue weighted by molar-refractivity contribution is 0.531. The second-order valence-corrected chi connectivity index (χ2v) is 6.59. The Bertz CT molecular complexity index is 564. The van der Waals surface area contributed by atoms with Crippen molar-refractivity contribution < 1.29 is 0 Å². The van der Waals surface area contributed by atoms with Gasteiger partial charge in [-0.15, -0.1) is 11.3 Å². The van der Waals surface area contributed by atoms with Gasteiger partial charge in [0.15, 0.2) is 0 Å². The van der Waals surface area contributed by atoms with E-state index in [-0.39, 0.29) is 6.04 Å². The van der Waals surface area contributed by atoms with Crippen molar-refractivity contribution >= 4 is 34.5 Å². The van der Waals surface area contributed by atoms with Gasteiger partial charge in [-0.1, -0.05) is 30.1 Å². The van der Waals surface area contributed by atoms with Crippen molar-refractivity contribution in [3.8, 4) is 0 Å². The summed E-state index contributed by atoms with van der Waals surface area (Å²) in [6, 6.07) is 3.87. The molecule has 1 atom stereocenters. The maximum absolute atomic E-state index is 6.17. The smallest absolute Gasteiger partial charge is 0.0992 e. The molecule has 1 unspecified atom stereocenters. The molecule has 2 heterocycles. The summed E-state index contributed by atoms with van der Waals surface area (Å²) < 4.78 is 3.22. The van der Waals surface area contributed by atoms with Gasteiger partial charge in [-0.05, 0) is 18.6 Å². The summed E-state index contributed by atoms with van der Waals surface area (Å²) in [5.41, 5.74) is 5.91. The summed E-state index contributed by atoms with van der Waals surface area (Å²) in [5.74, 6) is 5.64. The molecule has 0 aliphatic rings. The maximum Gasteiger partial charge on any atom is 0.0992 e. The summed E-state index contributed by atoms with van der Waals surface area (Å²) >= 11 is 13.5. The molecule has 104 valence electrons. The summed E-state index contributed by atoms with van der Waals surface area (Å²) in [5, 5.41) is 4.43. The molecule has 0 radical (unpaired) electrons. The Morgan fingerprint density at radius 3 is 2.68 bits per heavy atom. The minimum atomic E-state index is -0.0728. The van der Waals surface area contributed by atoms with Crippen LogP contribution in [0, 0.1) is 0 Å². The standard InChI is InChI=1S/C12H16Cl2N4S/c1-3-7-4-8(18(2)17-7)5-10(16-15)9-6-11(13)19-12(9)14/h4,6,10,16H,3,5,15H2,1-2H3. The number of nitrogens with two attached hydrogens (primary N) is 1. The van der Waals surface area contributed by atoms with Crippen LogP contribution >= 0.6 is 34.5 Å². The molecule has 19 heavy (non-hydrogen) atoms. The van der Waals surface area contributed by atoms with Gasteiger partial charge >= 0.3 is 0 Å². The number of halogens is 2. The zero-order valence-corrected chi connectivity index (χ0v) is 13.1. The van der Waals surface area contributed by atoms with E-state index < -0.39 is 0 Å². The van der Waals surface area contributed by atoms with E-state index in [1.165, 1.54) is 11.3 Å². The highest BCUT2D eigenvalue weighted by atomic mass is 35.5. The van der Waals surface area contributed by atoms with Gasteiger partial charge in [0.2, 0.25) is 0 Å². The van der Waals surface area contributed by atoms with Crippen molar-refractivity contribution in [3.05, 3.63) is 37.8 Å². The predicted octanol–water partition coefficient (Wildman–Crippen LogP) is 3.10. The first-order chi connectivity index (χ1) is 9.05. The van der Waals surface area contributed by atoms with Crippen LogP contribution < -0.4 is 11.3 Å². The van der Waals surface area contributed by atoms with E-state index in [1.54, 1.807) is 0 Å². The molecule has 2 aromatic heterocycles. The molecule has 0 saturated carbocycles. The molecule has 7 heteroatoms. The molecule has 3 N–H and O–H groups in total.